The number of aromatic nitrogens is 1. The SMILES string of the molecule is COc1ccc2c(CNC3CCCC3)c(C(=O)O)n(Cc3ccc(F)cc3Cl)c2c1. The summed E-state index contributed by atoms with van der Waals surface area (Å²) in [6, 6.07) is 10.1. The van der Waals surface area contributed by atoms with Gasteiger partial charge >= 0.3 is 5.97 Å². The first-order valence-corrected chi connectivity index (χ1v) is 10.5. The van der Waals surface area contributed by atoms with Crippen LogP contribution >= 0.6 is 11.6 Å². The van der Waals surface area contributed by atoms with Gasteiger partial charge in [-0.15, -0.1) is 0 Å². The average Bonchev–Trinajstić information content (AvgIpc) is 3.34. The highest BCUT2D eigenvalue weighted by Crippen LogP contribution is 2.32. The van der Waals surface area contributed by atoms with E-state index in [0.717, 1.165) is 29.3 Å². The van der Waals surface area contributed by atoms with Gasteiger partial charge in [-0.1, -0.05) is 30.5 Å². The number of carboxylic acids is 1. The number of ether oxygens (including phenoxy) is 1. The Labute approximate surface area is 179 Å². The van der Waals surface area contributed by atoms with Crippen LogP contribution in [0.15, 0.2) is 36.4 Å². The van der Waals surface area contributed by atoms with Crippen LogP contribution in [0.25, 0.3) is 10.9 Å². The molecular formula is C23H24ClFN2O3. The summed E-state index contributed by atoms with van der Waals surface area (Å²) in [4.78, 5) is 12.3. The van der Waals surface area contributed by atoms with E-state index in [1.807, 2.05) is 18.2 Å². The lowest BCUT2D eigenvalue weighted by Crippen LogP contribution is -2.26. The fourth-order valence-electron chi connectivity index (χ4n) is 4.31. The molecule has 1 aliphatic rings. The number of nitrogens with zero attached hydrogens (tertiary/aromatic N) is 1. The topological polar surface area (TPSA) is 63.5 Å². The lowest BCUT2D eigenvalue weighted by molar-refractivity contribution is 0.0684. The van der Waals surface area contributed by atoms with E-state index in [2.05, 4.69) is 5.32 Å². The maximum atomic E-state index is 13.5. The van der Waals surface area contributed by atoms with E-state index in [4.69, 9.17) is 16.3 Å². The van der Waals surface area contributed by atoms with Crippen LogP contribution in [-0.2, 0) is 13.1 Å². The summed E-state index contributed by atoms with van der Waals surface area (Å²) in [5.74, 6) is -0.798. The summed E-state index contributed by atoms with van der Waals surface area (Å²) in [5, 5.41) is 14.7. The van der Waals surface area contributed by atoms with Crippen molar-refractivity contribution in [1.82, 2.24) is 9.88 Å². The molecule has 1 fully saturated rings. The number of hydrogen-bond acceptors (Lipinski definition) is 3. The molecule has 0 radical (unpaired) electrons. The number of benzene rings is 2. The van der Waals surface area contributed by atoms with Crippen molar-refractivity contribution in [3.05, 3.63) is 64.1 Å². The largest absolute Gasteiger partial charge is 0.497 e. The molecule has 1 saturated carbocycles. The molecule has 1 aromatic heterocycles. The fourth-order valence-corrected chi connectivity index (χ4v) is 4.54. The third kappa shape index (κ3) is 4.02. The average molecular weight is 431 g/mol. The molecule has 0 atom stereocenters. The van der Waals surface area contributed by atoms with E-state index in [0.29, 0.717) is 23.9 Å². The van der Waals surface area contributed by atoms with Gasteiger partial charge in [0.25, 0.3) is 0 Å². The summed E-state index contributed by atoms with van der Waals surface area (Å²) >= 11 is 6.24. The van der Waals surface area contributed by atoms with Crippen molar-refractivity contribution in [3.63, 3.8) is 0 Å². The number of fused-ring (bicyclic) bond motifs is 1. The van der Waals surface area contributed by atoms with Crippen molar-refractivity contribution in [2.45, 2.75) is 44.8 Å². The van der Waals surface area contributed by atoms with E-state index in [1.165, 1.54) is 25.0 Å². The summed E-state index contributed by atoms with van der Waals surface area (Å²) in [5.41, 5.74) is 2.35. The summed E-state index contributed by atoms with van der Waals surface area (Å²) in [6.45, 7) is 0.688. The van der Waals surface area contributed by atoms with E-state index in [-0.39, 0.29) is 17.3 Å². The predicted octanol–water partition coefficient (Wildman–Crippen LogP) is 5.22. The number of halogens is 2. The number of methoxy groups -OCH3 is 1. The maximum absolute atomic E-state index is 13.5. The normalized spacial score (nSPS) is 14.5. The van der Waals surface area contributed by atoms with Crippen LogP contribution in [0.2, 0.25) is 5.02 Å². The van der Waals surface area contributed by atoms with E-state index in [9.17, 15) is 14.3 Å². The lowest BCUT2D eigenvalue weighted by Gasteiger charge is -2.13. The zero-order chi connectivity index (χ0) is 21.3. The van der Waals surface area contributed by atoms with Gasteiger partial charge in [0.05, 0.1) is 12.6 Å². The van der Waals surface area contributed by atoms with E-state index in [1.54, 1.807) is 17.7 Å². The Hall–Kier alpha value is -2.57. The highest BCUT2D eigenvalue weighted by molar-refractivity contribution is 6.31. The van der Waals surface area contributed by atoms with Gasteiger partial charge in [0, 0.05) is 41.2 Å². The van der Waals surface area contributed by atoms with Crippen LogP contribution in [0.3, 0.4) is 0 Å². The fraction of sp³-hybridized carbons (Fsp3) is 0.348. The molecule has 0 aliphatic heterocycles. The van der Waals surface area contributed by atoms with E-state index >= 15 is 0 Å². The highest BCUT2D eigenvalue weighted by Gasteiger charge is 2.24. The number of hydrogen-bond donors (Lipinski definition) is 2. The smallest absolute Gasteiger partial charge is 0.352 e. The van der Waals surface area contributed by atoms with Crippen molar-refractivity contribution < 1.29 is 19.0 Å². The van der Waals surface area contributed by atoms with E-state index < -0.39 is 11.8 Å². The molecule has 0 saturated heterocycles. The van der Waals surface area contributed by atoms with Crippen LogP contribution in [-0.4, -0.2) is 28.8 Å². The monoisotopic (exact) mass is 430 g/mol. The van der Waals surface area contributed by atoms with Gasteiger partial charge in [0.15, 0.2) is 0 Å². The van der Waals surface area contributed by atoms with Gasteiger partial charge in [0.1, 0.15) is 17.3 Å². The Bertz CT molecular complexity index is 1090. The summed E-state index contributed by atoms with van der Waals surface area (Å²) < 4.78 is 20.6. The second-order valence-corrected chi connectivity index (χ2v) is 8.11. The molecule has 158 valence electrons. The first-order chi connectivity index (χ1) is 14.5. The molecule has 5 nitrogen and oxygen atoms in total. The molecule has 7 heteroatoms. The Balaban J connectivity index is 1.83. The first-order valence-electron chi connectivity index (χ1n) is 10.1. The van der Waals surface area contributed by atoms with Gasteiger partial charge < -0.3 is 19.7 Å². The summed E-state index contributed by atoms with van der Waals surface area (Å²) in [6.07, 6.45) is 4.62. The quantitative estimate of drug-likeness (QED) is 0.539. The Morgan fingerprint density at radius 3 is 2.70 bits per heavy atom. The van der Waals surface area contributed by atoms with Crippen LogP contribution in [0, 0.1) is 5.82 Å². The zero-order valence-electron chi connectivity index (χ0n) is 16.8. The summed E-state index contributed by atoms with van der Waals surface area (Å²) in [7, 11) is 1.58. The number of nitrogens with one attached hydrogen (secondary N) is 1. The third-order valence-corrected chi connectivity index (χ3v) is 6.20. The van der Waals surface area contributed by atoms with Gasteiger partial charge in [-0.3, -0.25) is 0 Å². The number of aromatic carboxylic acids is 1. The van der Waals surface area contributed by atoms with Crippen molar-refractivity contribution in [2.24, 2.45) is 0 Å². The van der Waals surface area contributed by atoms with Crippen LogP contribution in [0.4, 0.5) is 4.39 Å². The zero-order valence-corrected chi connectivity index (χ0v) is 17.5. The van der Waals surface area contributed by atoms with Gasteiger partial charge in [0.2, 0.25) is 0 Å². The number of carbonyl (C=O) groups is 1. The molecule has 0 spiro atoms. The van der Waals surface area contributed by atoms with Gasteiger partial charge in [-0.25, -0.2) is 9.18 Å². The Kier molecular flexibility index (Phi) is 5.97. The Morgan fingerprint density at radius 2 is 2.03 bits per heavy atom. The number of rotatable bonds is 7. The maximum Gasteiger partial charge on any atom is 0.352 e. The van der Waals surface area contributed by atoms with Crippen molar-refractivity contribution in [1.29, 1.82) is 0 Å². The second-order valence-electron chi connectivity index (χ2n) is 7.70. The molecule has 0 unspecified atom stereocenters. The highest BCUT2D eigenvalue weighted by atomic mass is 35.5. The molecule has 2 N–H and O–H groups in total. The standard InChI is InChI=1S/C23H24ClFN2O3/c1-30-17-8-9-18-19(12-26-16-4-2-3-5-16)22(23(28)29)27(21(18)11-17)13-14-6-7-15(25)10-20(14)24/h6-11,16,26H,2-5,12-13H2,1H3,(H,28,29). The molecule has 2 aromatic carbocycles. The van der Waals surface area contributed by atoms with Crippen LogP contribution < -0.4 is 10.1 Å². The third-order valence-electron chi connectivity index (χ3n) is 5.85. The molecule has 30 heavy (non-hydrogen) atoms. The number of carboxylic acid groups (broad SMARTS) is 1. The Morgan fingerprint density at radius 1 is 1.27 bits per heavy atom. The minimum Gasteiger partial charge on any atom is -0.497 e. The second kappa shape index (κ2) is 8.66. The minimum absolute atomic E-state index is 0.212. The molecule has 3 aromatic rings. The lowest BCUT2D eigenvalue weighted by atomic mass is 10.1. The minimum atomic E-state index is -1.01. The molecule has 4 rings (SSSR count). The van der Waals surface area contributed by atoms with Crippen molar-refractivity contribution in [2.75, 3.05) is 7.11 Å². The molecule has 0 amide bonds. The molecule has 1 aliphatic carbocycles. The first kappa shape index (κ1) is 20.7. The van der Waals surface area contributed by atoms with Gasteiger partial charge in [-0.05, 0) is 42.7 Å². The molecule has 1 heterocycles. The van der Waals surface area contributed by atoms with Crippen molar-refractivity contribution >= 4 is 28.5 Å². The predicted molar refractivity (Wildman–Crippen MR) is 115 cm³/mol. The van der Waals surface area contributed by atoms with Gasteiger partial charge in [-0.2, -0.15) is 0 Å². The van der Waals surface area contributed by atoms with Crippen LogP contribution in [0.5, 0.6) is 5.75 Å². The molecule has 0 bridgehead atoms. The van der Waals surface area contributed by atoms with Crippen molar-refractivity contribution in [3.8, 4) is 5.75 Å². The van der Waals surface area contributed by atoms with Crippen LogP contribution in [0.1, 0.15) is 47.3 Å². The molecular weight excluding hydrogens is 407 g/mol.